The van der Waals surface area contributed by atoms with E-state index >= 15 is 0 Å². The highest BCUT2D eigenvalue weighted by Crippen LogP contribution is 2.14. The van der Waals surface area contributed by atoms with Crippen molar-refractivity contribution in [1.82, 2.24) is 4.90 Å². The molecule has 0 aliphatic rings. The predicted octanol–water partition coefficient (Wildman–Crippen LogP) is 2.77. The Labute approximate surface area is 126 Å². The van der Waals surface area contributed by atoms with Gasteiger partial charge in [0.05, 0.1) is 0 Å². The van der Waals surface area contributed by atoms with Crippen LogP contribution in [0.25, 0.3) is 0 Å². The van der Waals surface area contributed by atoms with Gasteiger partial charge in [-0.2, -0.15) is 0 Å². The normalized spacial score (nSPS) is 10.3. The summed E-state index contributed by atoms with van der Waals surface area (Å²) in [6.45, 7) is 3.13. The van der Waals surface area contributed by atoms with Crippen LogP contribution in [-0.2, 0) is 13.1 Å². The van der Waals surface area contributed by atoms with Crippen molar-refractivity contribution < 1.29 is 5.11 Å². The van der Waals surface area contributed by atoms with Crippen LogP contribution in [0.2, 0.25) is 0 Å². The monoisotopic (exact) mass is 292 g/mol. The number of nitrogens with zero attached hydrogens (tertiary/aromatic N) is 1. The molecule has 2 aromatic carbocycles. The van der Waals surface area contributed by atoms with Gasteiger partial charge in [0.15, 0.2) is 0 Å². The van der Waals surface area contributed by atoms with Crippen molar-refractivity contribution in [2.45, 2.75) is 13.1 Å². The number of halogens is 1. The van der Waals surface area contributed by atoms with E-state index in [0.29, 0.717) is 12.3 Å². The summed E-state index contributed by atoms with van der Waals surface area (Å²) in [6, 6.07) is 17.7. The number of phenols is 1. The highest BCUT2D eigenvalue weighted by atomic mass is 35.5. The van der Waals surface area contributed by atoms with E-state index in [1.54, 1.807) is 12.1 Å². The van der Waals surface area contributed by atoms with Gasteiger partial charge < -0.3 is 10.8 Å². The molecule has 0 fully saturated rings. The largest absolute Gasteiger partial charge is 0.508 e. The SMILES string of the molecule is Cl.NCCN(Cc1ccccc1)Cc1cccc(O)c1. The lowest BCUT2D eigenvalue weighted by Gasteiger charge is -2.21. The zero-order valence-electron chi connectivity index (χ0n) is 11.4. The fourth-order valence-corrected chi connectivity index (χ4v) is 2.15. The number of aromatic hydroxyl groups is 1. The quantitative estimate of drug-likeness (QED) is 0.861. The minimum Gasteiger partial charge on any atom is -0.508 e. The van der Waals surface area contributed by atoms with Gasteiger partial charge in [-0.3, -0.25) is 4.90 Å². The second kappa shape index (κ2) is 8.59. The molecule has 20 heavy (non-hydrogen) atoms. The van der Waals surface area contributed by atoms with E-state index in [1.165, 1.54) is 5.56 Å². The topological polar surface area (TPSA) is 49.5 Å². The number of hydrogen-bond donors (Lipinski definition) is 2. The molecule has 0 saturated heterocycles. The average Bonchev–Trinajstić information content (AvgIpc) is 2.40. The third kappa shape index (κ3) is 5.21. The standard InChI is InChI=1S/C16H20N2O.ClH/c17-9-10-18(12-14-5-2-1-3-6-14)13-15-7-4-8-16(19)11-15;/h1-8,11,19H,9-10,12-13,17H2;1H. The summed E-state index contributed by atoms with van der Waals surface area (Å²) in [4.78, 5) is 2.28. The van der Waals surface area contributed by atoms with Gasteiger partial charge in [0.2, 0.25) is 0 Å². The van der Waals surface area contributed by atoms with E-state index in [0.717, 1.165) is 25.2 Å². The molecule has 0 spiro atoms. The number of nitrogens with two attached hydrogens (primary N) is 1. The lowest BCUT2D eigenvalue weighted by molar-refractivity contribution is 0.264. The molecular formula is C16H21ClN2O. The molecular weight excluding hydrogens is 272 g/mol. The minimum absolute atomic E-state index is 0. The highest BCUT2D eigenvalue weighted by molar-refractivity contribution is 5.85. The van der Waals surface area contributed by atoms with Gasteiger partial charge in [-0.05, 0) is 23.3 Å². The molecule has 0 aliphatic carbocycles. The fraction of sp³-hybridized carbons (Fsp3) is 0.250. The van der Waals surface area contributed by atoms with Crippen LogP contribution in [0, 0.1) is 0 Å². The molecule has 0 heterocycles. The molecule has 0 aliphatic heterocycles. The predicted molar refractivity (Wildman–Crippen MR) is 85.0 cm³/mol. The molecule has 0 bridgehead atoms. The molecule has 0 amide bonds. The minimum atomic E-state index is 0. The van der Waals surface area contributed by atoms with Crippen molar-refractivity contribution in [2.75, 3.05) is 13.1 Å². The second-order valence-corrected chi connectivity index (χ2v) is 4.65. The van der Waals surface area contributed by atoms with Gasteiger partial charge in [-0.15, -0.1) is 12.4 Å². The Morgan fingerprint density at radius 2 is 1.55 bits per heavy atom. The van der Waals surface area contributed by atoms with Crippen molar-refractivity contribution in [3.8, 4) is 5.75 Å². The van der Waals surface area contributed by atoms with Crippen molar-refractivity contribution in [2.24, 2.45) is 5.73 Å². The van der Waals surface area contributed by atoms with Crippen LogP contribution < -0.4 is 5.73 Å². The first-order valence-corrected chi connectivity index (χ1v) is 6.52. The third-order valence-electron chi connectivity index (χ3n) is 3.01. The van der Waals surface area contributed by atoms with Crippen LogP contribution in [0.15, 0.2) is 54.6 Å². The zero-order valence-corrected chi connectivity index (χ0v) is 12.2. The Kier molecular flexibility index (Phi) is 7.09. The van der Waals surface area contributed by atoms with Gasteiger partial charge >= 0.3 is 0 Å². The summed E-state index contributed by atoms with van der Waals surface area (Å²) in [6.07, 6.45) is 0. The Hall–Kier alpha value is -1.55. The van der Waals surface area contributed by atoms with Crippen LogP contribution in [0.3, 0.4) is 0 Å². The maximum absolute atomic E-state index is 9.50. The van der Waals surface area contributed by atoms with Gasteiger partial charge in [0, 0.05) is 26.2 Å². The summed E-state index contributed by atoms with van der Waals surface area (Å²) in [5, 5.41) is 9.50. The first kappa shape index (κ1) is 16.5. The second-order valence-electron chi connectivity index (χ2n) is 4.65. The maximum Gasteiger partial charge on any atom is 0.115 e. The maximum atomic E-state index is 9.50. The van der Waals surface area contributed by atoms with E-state index in [9.17, 15) is 5.11 Å². The van der Waals surface area contributed by atoms with Crippen LogP contribution in [0.1, 0.15) is 11.1 Å². The number of phenolic OH excluding ortho intramolecular Hbond substituents is 1. The number of benzene rings is 2. The van der Waals surface area contributed by atoms with Crippen LogP contribution in [-0.4, -0.2) is 23.1 Å². The van der Waals surface area contributed by atoms with Crippen LogP contribution >= 0.6 is 12.4 Å². The van der Waals surface area contributed by atoms with Gasteiger partial charge in [-0.1, -0.05) is 42.5 Å². The van der Waals surface area contributed by atoms with E-state index in [1.807, 2.05) is 30.3 Å². The summed E-state index contributed by atoms with van der Waals surface area (Å²) in [5.74, 6) is 0.310. The first-order valence-electron chi connectivity index (χ1n) is 6.52. The summed E-state index contributed by atoms with van der Waals surface area (Å²) in [7, 11) is 0. The Balaban J connectivity index is 0.00000200. The lowest BCUT2D eigenvalue weighted by atomic mass is 10.1. The molecule has 3 N–H and O–H groups in total. The molecule has 4 heteroatoms. The van der Waals surface area contributed by atoms with E-state index in [-0.39, 0.29) is 12.4 Å². The first-order chi connectivity index (χ1) is 9.28. The van der Waals surface area contributed by atoms with Crippen LogP contribution in [0.5, 0.6) is 5.75 Å². The lowest BCUT2D eigenvalue weighted by Crippen LogP contribution is -2.28. The molecule has 0 radical (unpaired) electrons. The Bertz CT molecular complexity index is 505. The molecule has 3 nitrogen and oxygen atoms in total. The molecule has 2 rings (SSSR count). The Morgan fingerprint density at radius 1 is 0.900 bits per heavy atom. The summed E-state index contributed by atoms with van der Waals surface area (Å²) >= 11 is 0. The van der Waals surface area contributed by atoms with Crippen molar-refractivity contribution in [3.05, 3.63) is 65.7 Å². The van der Waals surface area contributed by atoms with Gasteiger partial charge in [0.1, 0.15) is 5.75 Å². The highest BCUT2D eigenvalue weighted by Gasteiger charge is 2.06. The van der Waals surface area contributed by atoms with Gasteiger partial charge in [0.25, 0.3) is 0 Å². The molecule has 0 atom stereocenters. The van der Waals surface area contributed by atoms with E-state index < -0.39 is 0 Å². The average molecular weight is 293 g/mol. The molecule has 0 unspecified atom stereocenters. The fourth-order valence-electron chi connectivity index (χ4n) is 2.15. The zero-order chi connectivity index (χ0) is 13.5. The van der Waals surface area contributed by atoms with Gasteiger partial charge in [-0.25, -0.2) is 0 Å². The van der Waals surface area contributed by atoms with E-state index in [2.05, 4.69) is 17.0 Å². The van der Waals surface area contributed by atoms with Crippen molar-refractivity contribution in [1.29, 1.82) is 0 Å². The van der Waals surface area contributed by atoms with E-state index in [4.69, 9.17) is 5.73 Å². The molecule has 2 aromatic rings. The summed E-state index contributed by atoms with van der Waals surface area (Å²) in [5.41, 5.74) is 8.05. The number of hydrogen-bond acceptors (Lipinski definition) is 3. The number of rotatable bonds is 6. The third-order valence-corrected chi connectivity index (χ3v) is 3.01. The summed E-state index contributed by atoms with van der Waals surface area (Å²) < 4.78 is 0. The van der Waals surface area contributed by atoms with Crippen molar-refractivity contribution >= 4 is 12.4 Å². The smallest absolute Gasteiger partial charge is 0.115 e. The van der Waals surface area contributed by atoms with Crippen molar-refractivity contribution in [3.63, 3.8) is 0 Å². The molecule has 108 valence electrons. The molecule has 0 saturated carbocycles. The Morgan fingerprint density at radius 3 is 2.20 bits per heavy atom. The van der Waals surface area contributed by atoms with Crippen LogP contribution in [0.4, 0.5) is 0 Å². The molecule has 0 aromatic heterocycles.